The predicted molar refractivity (Wildman–Crippen MR) is 114 cm³/mol. The Kier molecular flexibility index (Phi) is 7.31. The van der Waals surface area contributed by atoms with Crippen molar-refractivity contribution in [3.05, 3.63) is 47.7 Å². The van der Waals surface area contributed by atoms with Gasteiger partial charge in [-0.1, -0.05) is 18.9 Å². The van der Waals surface area contributed by atoms with Crippen LogP contribution < -0.4 is 5.32 Å². The molecule has 1 saturated carbocycles. The lowest BCUT2D eigenvalue weighted by molar-refractivity contribution is -0.137. The standard InChI is InChI=1S/C21H23F3N2O3S2/c1-14(27)26-19-18(15-5-2-3-6-15)9-10-25-20(19)30-11-12-31(28,29)17-8-4-7-16(13-17)21(22,23)24/h4,7-10,13,15H,2-3,5-6,11-12H2,1H3,(H,26,27). The third-order valence-corrected chi connectivity index (χ3v) is 8.12. The zero-order valence-electron chi connectivity index (χ0n) is 16.9. The minimum atomic E-state index is -4.61. The number of thioether (sulfide) groups is 1. The van der Waals surface area contributed by atoms with E-state index in [2.05, 4.69) is 10.3 Å². The molecule has 1 aliphatic rings. The Morgan fingerprint density at radius 3 is 2.58 bits per heavy atom. The molecule has 1 N–H and O–H groups in total. The van der Waals surface area contributed by atoms with E-state index in [1.807, 2.05) is 6.07 Å². The van der Waals surface area contributed by atoms with Crippen molar-refractivity contribution in [3.8, 4) is 0 Å². The van der Waals surface area contributed by atoms with Crippen LogP contribution in [0.2, 0.25) is 0 Å². The normalized spacial score (nSPS) is 15.2. The van der Waals surface area contributed by atoms with Crippen LogP contribution >= 0.6 is 11.8 Å². The number of anilines is 1. The first kappa shape index (κ1) is 23.6. The van der Waals surface area contributed by atoms with Gasteiger partial charge in [0.25, 0.3) is 0 Å². The highest BCUT2D eigenvalue weighted by molar-refractivity contribution is 8.00. The summed E-state index contributed by atoms with van der Waals surface area (Å²) in [7, 11) is -3.91. The van der Waals surface area contributed by atoms with Crippen molar-refractivity contribution in [2.45, 2.75) is 54.6 Å². The number of sulfone groups is 1. The van der Waals surface area contributed by atoms with Gasteiger partial charge in [-0.2, -0.15) is 13.2 Å². The van der Waals surface area contributed by atoms with Gasteiger partial charge in [0.15, 0.2) is 9.84 Å². The molecular weight excluding hydrogens is 449 g/mol. The van der Waals surface area contributed by atoms with Gasteiger partial charge in [-0.05, 0) is 48.6 Å². The number of carbonyl (C=O) groups is 1. The lowest BCUT2D eigenvalue weighted by Crippen LogP contribution is -2.13. The number of amides is 1. The Labute approximate surface area is 183 Å². The fourth-order valence-electron chi connectivity index (χ4n) is 3.68. The summed E-state index contributed by atoms with van der Waals surface area (Å²) in [5.41, 5.74) is 0.592. The number of benzene rings is 1. The van der Waals surface area contributed by atoms with E-state index in [1.165, 1.54) is 18.7 Å². The molecule has 2 aromatic rings. The van der Waals surface area contributed by atoms with Crippen LogP contribution in [0.3, 0.4) is 0 Å². The van der Waals surface area contributed by atoms with Gasteiger partial charge in [0.05, 0.1) is 21.9 Å². The molecule has 0 bridgehead atoms. The van der Waals surface area contributed by atoms with Gasteiger partial charge < -0.3 is 5.32 Å². The summed E-state index contributed by atoms with van der Waals surface area (Å²) in [5, 5.41) is 3.34. The van der Waals surface area contributed by atoms with Crippen LogP contribution in [0.5, 0.6) is 0 Å². The lowest BCUT2D eigenvalue weighted by atomic mass is 9.97. The molecule has 168 valence electrons. The van der Waals surface area contributed by atoms with Crippen LogP contribution in [0.4, 0.5) is 18.9 Å². The van der Waals surface area contributed by atoms with Crippen molar-refractivity contribution in [2.24, 2.45) is 0 Å². The van der Waals surface area contributed by atoms with E-state index >= 15 is 0 Å². The zero-order chi connectivity index (χ0) is 22.6. The summed E-state index contributed by atoms with van der Waals surface area (Å²) >= 11 is 1.17. The second-order valence-corrected chi connectivity index (χ2v) is 10.6. The maximum atomic E-state index is 12.9. The van der Waals surface area contributed by atoms with Gasteiger partial charge >= 0.3 is 6.18 Å². The predicted octanol–water partition coefficient (Wildman–Crippen LogP) is 5.28. The number of nitrogens with zero attached hydrogens (tertiary/aromatic N) is 1. The SMILES string of the molecule is CC(=O)Nc1c(C2CCCC2)ccnc1SCCS(=O)(=O)c1cccc(C(F)(F)F)c1. The van der Waals surface area contributed by atoms with E-state index in [1.54, 1.807) is 6.20 Å². The Morgan fingerprint density at radius 1 is 1.23 bits per heavy atom. The molecule has 5 nitrogen and oxygen atoms in total. The van der Waals surface area contributed by atoms with E-state index in [-0.39, 0.29) is 22.3 Å². The van der Waals surface area contributed by atoms with E-state index in [0.717, 1.165) is 49.4 Å². The monoisotopic (exact) mass is 472 g/mol. The Morgan fingerprint density at radius 2 is 1.94 bits per heavy atom. The summed E-state index contributed by atoms with van der Waals surface area (Å²) in [6.45, 7) is 1.40. The second-order valence-electron chi connectivity index (χ2n) is 7.44. The third kappa shape index (κ3) is 6.00. The van der Waals surface area contributed by atoms with Crippen LogP contribution in [0.1, 0.15) is 49.7 Å². The number of carbonyl (C=O) groups excluding carboxylic acids is 1. The van der Waals surface area contributed by atoms with Crippen LogP contribution in [0.15, 0.2) is 46.5 Å². The number of alkyl halides is 3. The molecular formula is C21H23F3N2O3S2. The molecule has 1 heterocycles. The van der Waals surface area contributed by atoms with Crippen molar-refractivity contribution >= 4 is 33.2 Å². The van der Waals surface area contributed by atoms with Gasteiger partial charge in [0.2, 0.25) is 5.91 Å². The molecule has 3 rings (SSSR count). The topological polar surface area (TPSA) is 76.1 Å². The molecule has 1 aromatic carbocycles. The minimum absolute atomic E-state index is 0.0896. The summed E-state index contributed by atoms with van der Waals surface area (Å²) in [5.74, 6) is -0.191. The first-order valence-electron chi connectivity index (χ1n) is 9.87. The van der Waals surface area contributed by atoms with E-state index in [0.29, 0.717) is 22.7 Å². The Bertz CT molecular complexity index is 1050. The molecule has 1 aliphatic carbocycles. The highest BCUT2D eigenvalue weighted by atomic mass is 32.2. The van der Waals surface area contributed by atoms with Gasteiger partial charge in [0.1, 0.15) is 5.03 Å². The van der Waals surface area contributed by atoms with Gasteiger partial charge in [0, 0.05) is 18.9 Å². The summed E-state index contributed by atoms with van der Waals surface area (Å²) in [6, 6.07) is 5.62. The minimum Gasteiger partial charge on any atom is -0.324 e. The molecule has 0 spiro atoms. The first-order chi connectivity index (χ1) is 14.6. The highest BCUT2D eigenvalue weighted by Crippen LogP contribution is 2.40. The number of hydrogen-bond donors (Lipinski definition) is 1. The van der Waals surface area contributed by atoms with Crippen LogP contribution in [0.25, 0.3) is 0 Å². The van der Waals surface area contributed by atoms with Crippen LogP contribution in [0, 0.1) is 0 Å². The molecule has 0 radical (unpaired) electrons. The van der Waals surface area contributed by atoms with Gasteiger partial charge in [-0.25, -0.2) is 13.4 Å². The summed E-state index contributed by atoms with van der Waals surface area (Å²) in [4.78, 5) is 15.7. The maximum absolute atomic E-state index is 12.9. The molecule has 0 saturated heterocycles. The van der Waals surface area contributed by atoms with Crippen LogP contribution in [-0.2, 0) is 20.8 Å². The molecule has 10 heteroatoms. The molecule has 0 unspecified atom stereocenters. The molecule has 1 amide bonds. The van der Waals surface area contributed by atoms with Gasteiger partial charge in [-0.3, -0.25) is 4.79 Å². The smallest absolute Gasteiger partial charge is 0.324 e. The van der Waals surface area contributed by atoms with Crippen molar-refractivity contribution in [2.75, 3.05) is 16.8 Å². The zero-order valence-corrected chi connectivity index (χ0v) is 18.5. The fraction of sp³-hybridized carbons (Fsp3) is 0.429. The number of pyridine rings is 1. The number of halogens is 3. The average Bonchev–Trinajstić information content (AvgIpc) is 3.23. The van der Waals surface area contributed by atoms with E-state index in [4.69, 9.17) is 0 Å². The maximum Gasteiger partial charge on any atom is 0.416 e. The fourth-order valence-corrected chi connectivity index (χ4v) is 6.36. The second kappa shape index (κ2) is 9.60. The Balaban J connectivity index is 1.77. The van der Waals surface area contributed by atoms with E-state index in [9.17, 15) is 26.4 Å². The molecule has 31 heavy (non-hydrogen) atoms. The molecule has 1 fully saturated rings. The van der Waals surface area contributed by atoms with Crippen molar-refractivity contribution in [3.63, 3.8) is 0 Å². The van der Waals surface area contributed by atoms with Crippen molar-refractivity contribution in [1.82, 2.24) is 4.98 Å². The summed E-state index contributed by atoms with van der Waals surface area (Å²) < 4.78 is 63.8. The summed E-state index contributed by atoms with van der Waals surface area (Å²) in [6.07, 6.45) is 1.30. The largest absolute Gasteiger partial charge is 0.416 e. The third-order valence-electron chi connectivity index (χ3n) is 5.16. The van der Waals surface area contributed by atoms with Crippen molar-refractivity contribution in [1.29, 1.82) is 0 Å². The highest BCUT2D eigenvalue weighted by Gasteiger charge is 2.31. The quantitative estimate of drug-likeness (QED) is 0.555. The molecule has 1 aromatic heterocycles. The van der Waals surface area contributed by atoms with E-state index < -0.39 is 21.6 Å². The number of aromatic nitrogens is 1. The molecule has 0 aliphatic heterocycles. The van der Waals surface area contributed by atoms with Crippen LogP contribution in [-0.4, -0.2) is 30.8 Å². The number of hydrogen-bond acceptors (Lipinski definition) is 5. The number of rotatable bonds is 7. The first-order valence-corrected chi connectivity index (χ1v) is 12.5. The van der Waals surface area contributed by atoms with Gasteiger partial charge in [-0.15, -0.1) is 11.8 Å². The number of nitrogens with one attached hydrogen (secondary N) is 1. The molecule has 0 atom stereocenters. The Hall–Kier alpha value is -2.07. The average molecular weight is 473 g/mol. The van der Waals surface area contributed by atoms with Crippen molar-refractivity contribution < 1.29 is 26.4 Å². The lowest BCUT2D eigenvalue weighted by Gasteiger charge is -2.18.